The molecule has 1 aromatic heterocycles. The normalized spacial score (nSPS) is 25.7. The predicted molar refractivity (Wildman–Crippen MR) is 71.0 cm³/mol. The van der Waals surface area contributed by atoms with Crippen molar-refractivity contribution in [2.75, 3.05) is 5.75 Å². The van der Waals surface area contributed by atoms with E-state index in [0.29, 0.717) is 17.4 Å². The number of carboxylic acids is 1. The van der Waals surface area contributed by atoms with Gasteiger partial charge in [0, 0.05) is 11.8 Å². The summed E-state index contributed by atoms with van der Waals surface area (Å²) in [5, 5.41) is 15.5. The van der Waals surface area contributed by atoms with Gasteiger partial charge in [0.15, 0.2) is 5.76 Å². The molecule has 1 saturated carbocycles. The fraction of sp³-hybridized carbons (Fsp3) is 0.583. The average Bonchev–Trinajstić information content (AvgIpc) is 2.97. The van der Waals surface area contributed by atoms with Crippen LogP contribution in [0.15, 0.2) is 16.8 Å². The van der Waals surface area contributed by atoms with Gasteiger partial charge in [0.1, 0.15) is 6.04 Å². The molecular weight excluding hydrogens is 282 g/mol. The second kappa shape index (κ2) is 5.35. The highest BCUT2D eigenvalue weighted by Crippen LogP contribution is 2.45. The Morgan fingerprint density at radius 3 is 2.95 bits per heavy atom. The molecule has 1 aliphatic carbocycles. The highest BCUT2D eigenvalue weighted by atomic mass is 32.2. The van der Waals surface area contributed by atoms with E-state index in [-0.39, 0.29) is 17.9 Å². The van der Waals surface area contributed by atoms with E-state index < -0.39 is 12.0 Å². The SMILES string of the molecule is O=C(O)C1CSC(C2CC2)N1C(=O)NCc1ccno1. The number of hydrogen-bond donors (Lipinski definition) is 2. The molecule has 1 saturated heterocycles. The van der Waals surface area contributed by atoms with Gasteiger partial charge in [-0.3, -0.25) is 4.90 Å². The second-order valence-electron chi connectivity index (χ2n) is 4.96. The summed E-state index contributed by atoms with van der Waals surface area (Å²) in [6, 6.07) is 0.558. The molecule has 8 heteroatoms. The molecule has 2 amide bonds. The minimum Gasteiger partial charge on any atom is -0.480 e. The number of carbonyl (C=O) groups is 2. The molecule has 7 nitrogen and oxygen atoms in total. The van der Waals surface area contributed by atoms with Gasteiger partial charge in [0.25, 0.3) is 0 Å². The Morgan fingerprint density at radius 2 is 2.35 bits per heavy atom. The third-order valence-electron chi connectivity index (χ3n) is 3.48. The topological polar surface area (TPSA) is 95.7 Å². The Morgan fingerprint density at radius 1 is 1.55 bits per heavy atom. The van der Waals surface area contributed by atoms with Crippen molar-refractivity contribution in [2.45, 2.75) is 30.8 Å². The van der Waals surface area contributed by atoms with E-state index in [0.717, 1.165) is 12.8 Å². The molecule has 108 valence electrons. The Labute approximate surface area is 119 Å². The lowest BCUT2D eigenvalue weighted by Gasteiger charge is -2.27. The average molecular weight is 297 g/mol. The van der Waals surface area contributed by atoms with Crippen molar-refractivity contribution < 1.29 is 19.2 Å². The van der Waals surface area contributed by atoms with Crippen molar-refractivity contribution in [1.29, 1.82) is 0 Å². The summed E-state index contributed by atoms with van der Waals surface area (Å²) in [6.07, 6.45) is 3.63. The molecule has 2 aliphatic rings. The molecule has 20 heavy (non-hydrogen) atoms. The van der Waals surface area contributed by atoms with E-state index >= 15 is 0 Å². The first kappa shape index (κ1) is 13.3. The van der Waals surface area contributed by atoms with Gasteiger partial charge in [-0.1, -0.05) is 5.16 Å². The van der Waals surface area contributed by atoms with Gasteiger partial charge in [0.2, 0.25) is 0 Å². The van der Waals surface area contributed by atoms with Crippen LogP contribution >= 0.6 is 11.8 Å². The largest absolute Gasteiger partial charge is 0.480 e. The lowest BCUT2D eigenvalue weighted by molar-refractivity contribution is -0.141. The molecule has 0 bridgehead atoms. The monoisotopic (exact) mass is 297 g/mol. The van der Waals surface area contributed by atoms with Crippen molar-refractivity contribution in [3.05, 3.63) is 18.0 Å². The minimum atomic E-state index is -0.949. The third-order valence-corrected chi connectivity index (χ3v) is 4.95. The predicted octanol–water partition coefficient (Wildman–Crippen LogP) is 1.12. The van der Waals surface area contributed by atoms with Crippen LogP contribution in [0.2, 0.25) is 0 Å². The van der Waals surface area contributed by atoms with E-state index in [1.54, 1.807) is 17.8 Å². The molecule has 3 rings (SSSR count). The summed E-state index contributed by atoms with van der Waals surface area (Å²) in [6.45, 7) is 0.212. The van der Waals surface area contributed by atoms with E-state index in [4.69, 9.17) is 4.52 Å². The van der Waals surface area contributed by atoms with Gasteiger partial charge < -0.3 is 14.9 Å². The van der Waals surface area contributed by atoms with Crippen LogP contribution in [0.4, 0.5) is 4.79 Å². The number of urea groups is 1. The zero-order valence-corrected chi connectivity index (χ0v) is 11.5. The number of nitrogens with zero attached hydrogens (tertiary/aromatic N) is 2. The summed E-state index contributed by atoms with van der Waals surface area (Å²) in [5.41, 5.74) is 0. The van der Waals surface area contributed by atoms with Crippen molar-refractivity contribution in [1.82, 2.24) is 15.4 Å². The van der Waals surface area contributed by atoms with Crippen molar-refractivity contribution >= 4 is 23.8 Å². The van der Waals surface area contributed by atoms with Crippen molar-refractivity contribution in [2.24, 2.45) is 5.92 Å². The molecule has 0 spiro atoms. The van der Waals surface area contributed by atoms with Gasteiger partial charge in [0.05, 0.1) is 18.1 Å². The lowest BCUT2D eigenvalue weighted by Crippen LogP contribution is -2.50. The van der Waals surface area contributed by atoms with Crippen LogP contribution in [0.5, 0.6) is 0 Å². The van der Waals surface area contributed by atoms with Crippen molar-refractivity contribution in [3.63, 3.8) is 0 Å². The molecule has 2 heterocycles. The van der Waals surface area contributed by atoms with E-state index in [9.17, 15) is 14.7 Å². The summed E-state index contributed by atoms with van der Waals surface area (Å²) >= 11 is 1.56. The zero-order chi connectivity index (χ0) is 14.1. The fourth-order valence-electron chi connectivity index (χ4n) is 2.31. The van der Waals surface area contributed by atoms with Crippen LogP contribution in [-0.2, 0) is 11.3 Å². The van der Waals surface area contributed by atoms with Gasteiger partial charge in [-0.25, -0.2) is 9.59 Å². The van der Waals surface area contributed by atoms with E-state index in [2.05, 4.69) is 10.5 Å². The van der Waals surface area contributed by atoms with Gasteiger partial charge in [-0.05, 0) is 18.8 Å². The maximum atomic E-state index is 12.3. The van der Waals surface area contributed by atoms with Crippen LogP contribution < -0.4 is 5.32 Å². The maximum absolute atomic E-state index is 12.3. The zero-order valence-electron chi connectivity index (χ0n) is 10.7. The summed E-state index contributed by atoms with van der Waals surface area (Å²) in [5.74, 6) is 0.475. The summed E-state index contributed by atoms with van der Waals surface area (Å²) < 4.78 is 4.90. The van der Waals surface area contributed by atoms with Crippen LogP contribution in [0.3, 0.4) is 0 Å². The number of aromatic nitrogens is 1. The minimum absolute atomic E-state index is 0.0224. The second-order valence-corrected chi connectivity index (χ2v) is 6.11. The first-order valence-electron chi connectivity index (χ1n) is 6.47. The lowest BCUT2D eigenvalue weighted by atomic mass is 10.2. The van der Waals surface area contributed by atoms with Gasteiger partial charge in [-0.15, -0.1) is 11.8 Å². The first-order valence-corrected chi connectivity index (χ1v) is 7.52. The number of nitrogens with one attached hydrogen (secondary N) is 1. The number of carbonyl (C=O) groups excluding carboxylic acids is 1. The molecule has 1 aliphatic heterocycles. The number of hydrogen-bond acceptors (Lipinski definition) is 5. The highest BCUT2D eigenvalue weighted by Gasteiger charge is 2.48. The van der Waals surface area contributed by atoms with Crippen molar-refractivity contribution in [3.8, 4) is 0 Å². The molecule has 2 atom stereocenters. The quantitative estimate of drug-likeness (QED) is 0.864. The number of carboxylic acid groups (broad SMARTS) is 1. The Kier molecular flexibility index (Phi) is 3.56. The number of rotatable bonds is 4. The van der Waals surface area contributed by atoms with Crippen LogP contribution in [0, 0.1) is 5.92 Å². The number of thioether (sulfide) groups is 1. The third kappa shape index (κ3) is 2.60. The van der Waals surface area contributed by atoms with E-state index in [1.807, 2.05) is 0 Å². The van der Waals surface area contributed by atoms with E-state index in [1.165, 1.54) is 11.1 Å². The van der Waals surface area contributed by atoms with Crippen LogP contribution in [-0.4, -0.2) is 44.3 Å². The highest BCUT2D eigenvalue weighted by molar-refractivity contribution is 8.00. The summed E-state index contributed by atoms with van der Waals surface area (Å²) in [7, 11) is 0. The molecule has 2 fully saturated rings. The number of aliphatic carboxylic acids is 1. The molecule has 0 radical (unpaired) electrons. The standard InChI is InChI=1S/C12H15N3O4S/c16-11(17)9-6-20-10(7-1-2-7)15(9)12(18)13-5-8-3-4-14-19-8/h3-4,7,9-10H,1-2,5-6H2,(H,13,18)(H,16,17). The van der Waals surface area contributed by atoms with Gasteiger partial charge >= 0.3 is 12.0 Å². The Bertz CT molecular complexity index is 503. The van der Waals surface area contributed by atoms with Crippen LogP contribution in [0.1, 0.15) is 18.6 Å². The Hall–Kier alpha value is -1.70. The molecular formula is C12H15N3O4S. The van der Waals surface area contributed by atoms with Gasteiger partial charge in [-0.2, -0.15) is 0 Å². The molecule has 2 unspecified atom stereocenters. The van der Waals surface area contributed by atoms with Crippen LogP contribution in [0.25, 0.3) is 0 Å². The number of amides is 2. The fourth-order valence-corrected chi connectivity index (χ4v) is 3.94. The summed E-state index contributed by atoms with van der Waals surface area (Å²) in [4.78, 5) is 25.0. The maximum Gasteiger partial charge on any atom is 0.327 e. The molecule has 1 aromatic rings. The first-order chi connectivity index (χ1) is 9.66. The molecule has 0 aromatic carbocycles. The smallest absolute Gasteiger partial charge is 0.327 e. The molecule has 2 N–H and O–H groups in total. The Balaban J connectivity index is 1.67.